The Morgan fingerprint density at radius 3 is 2.75 bits per heavy atom. The SMILES string of the molecule is COc1ccc(-c2nc(C(=O)N(C)CC3CCCC3O)cs2)cc1. The lowest BCUT2D eigenvalue weighted by Crippen LogP contribution is -2.34. The van der Waals surface area contributed by atoms with Crippen LogP contribution in [0.3, 0.4) is 0 Å². The van der Waals surface area contributed by atoms with Crippen molar-refractivity contribution in [2.45, 2.75) is 25.4 Å². The van der Waals surface area contributed by atoms with Gasteiger partial charge in [0.05, 0.1) is 13.2 Å². The van der Waals surface area contributed by atoms with E-state index in [1.165, 1.54) is 11.3 Å². The van der Waals surface area contributed by atoms with Gasteiger partial charge in [0, 0.05) is 30.5 Å². The molecule has 0 aliphatic heterocycles. The summed E-state index contributed by atoms with van der Waals surface area (Å²) in [5.74, 6) is 0.880. The van der Waals surface area contributed by atoms with Crippen molar-refractivity contribution >= 4 is 17.2 Å². The number of ether oxygens (including phenoxy) is 1. The first-order valence-corrected chi connectivity index (χ1v) is 9.00. The van der Waals surface area contributed by atoms with Crippen LogP contribution in [0.25, 0.3) is 10.6 Å². The molecule has 2 atom stereocenters. The maximum Gasteiger partial charge on any atom is 0.273 e. The second-order valence-electron chi connectivity index (χ2n) is 6.21. The molecular formula is C18H22N2O3S. The van der Waals surface area contributed by atoms with Crippen LogP contribution in [0.15, 0.2) is 29.6 Å². The molecule has 0 bridgehead atoms. The van der Waals surface area contributed by atoms with Gasteiger partial charge in [0.25, 0.3) is 5.91 Å². The Morgan fingerprint density at radius 2 is 2.12 bits per heavy atom. The summed E-state index contributed by atoms with van der Waals surface area (Å²) in [7, 11) is 3.41. The van der Waals surface area contributed by atoms with Gasteiger partial charge in [-0.05, 0) is 37.1 Å². The number of aliphatic hydroxyl groups excluding tert-OH is 1. The zero-order chi connectivity index (χ0) is 17.1. The summed E-state index contributed by atoms with van der Waals surface area (Å²) >= 11 is 1.46. The van der Waals surface area contributed by atoms with Crippen LogP contribution in [0, 0.1) is 5.92 Å². The predicted octanol–water partition coefficient (Wildman–Crippen LogP) is 3.05. The van der Waals surface area contributed by atoms with Gasteiger partial charge in [-0.2, -0.15) is 0 Å². The third kappa shape index (κ3) is 3.60. The largest absolute Gasteiger partial charge is 0.497 e. The topological polar surface area (TPSA) is 62.7 Å². The zero-order valence-corrected chi connectivity index (χ0v) is 14.8. The van der Waals surface area contributed by atoms with Gasteiger partial charge in [-0.3, -0.25) is 4.79 Å². The summed E-state index contributed by atoms with van der Waals surface area (Å²) in [5, 5.41) is 12.5. The Labute approximate surface area is 145 Å². The number of rotatable bonds is 5. The maximum atomic E-state index is 12.6. The van der Waals surface area contributed by atoms with Crippen LogP contribution in [-0.2, 0) is 0 Å². The highest BCUT2D eigenvalue weighted by atomic mass is 32.1. The minimum absolute atomic E-state index is 0.0925. The van der Waals surface area contributed by atoms with Crippen LogP contribution >= 0.6 is 11.3 Å². The molecule has 6 heteroatoms. The van der Waals surface area contributed by atoms with Crippen molar-refractivity contribution in [1.29, 1.82) is 0 Å². The molecule has 24 heavy (non-hydrogen) atoms. The number of hydrogen-bond donors (Lipinski definition) is 1. The van der Waals surface area contributed by atoms with Gasteiger partial charge in [0.2, 0.25) is 0 Å². The highest BCUT2D eigenvalue weighted by Crippen LogP contribution is 2.28. The molecule has 0 radical (unpaired) electrons. The average Bonchev–Trinajstić information content (AvgIpc) is 3.24. The van der Waals surface area contributed by atoms with Gasteiger partial charge < -0.3 is 14.7 Å². The third-order valence-electron chi connectivity index (χ3n) is 4.53. The third-order valence-corrected chi connectivity index (χ3v) is 5.43. The molecule has 1 aromatic heterocycles. The van der Waals surface area contributed by atoms with Crippen molar-refractivity contribution in [2.24, 2.45) is 5.92 Å². The van der Waals surface area contributed by atoms with Gasteiger partial charge in [0.15, 0.2) is 0 Å². The molecule has 1 N–H and O–H groups in total. The molecular weight excluding hydrogens is 324 g/mol. The normalized spacial score (nSPS) is 20.1. The monoisotopic (exact) mass is 346 g/mol. The van der Waals surface area contributed by atoms with E-state index in [0.717, 1.165) is 35.6 Å². The van der Waals surface area contributed by atoms with Crippen LogP contribution < -0.4 is 4.74 Å². The van der Waals surface area contributed by atoms with E-state index in [9.17, 15) is 9.90 Å². The predicted molar refractivity (Wildman–Crippen MR) is 94.4 cm³/mol. The van der Waals surface area contributed by atoms with E-state index in [1.807, 2.05) is 24.3 Å². The fraction of sp³-hybridized carbons (Fsp3) is 0.444. The minimum Gasteiger partial charge on any atom is -0.497 e. The number of methoxy groups -OCH3 is 1. The number of carbonyl (C=O) groups is 1. The second-order valence-corrected chi connectivity index (χ2v) is 7.07. The number of thiazole rings is 1. The van der Waals surface area contributed by atoms with Gasteiger partial charge >= 0.3 is 0 Å². The Morgan fingerprint density at radius 1 is 1.38 bits per heavy atom. The van der Waals surface area contributed by atoms with E-state index < -0.39 is 0 Å². The number of amides is 1. The molecule has 1 aliphatic carbocycles. The summed E-state index contributed by atoms with van der Waals surface area (Å²) < 4.78 is 5.15. The van der Waals surface area contributed by atoms with E-state index >= 15 is 0 Å². The lowest BCUT2D eigenvalue weighted by molar-refractivity contribution is 0.0689. The lowest BCUT2D eigenvalue weighted by atomic mass is 10.1. The molecule has 1 amide bonds. The maximum absolute atomic E-state index is 12.6. The van der Waals surface area contributed by atoms with Gasteiger partial charge in [-0.1, -0.05) is 6.42 Å². The van der Waals surface area contributed by atoms with Crippen LogP contribution in [0.1, 0.15) is 29.8 Å². The standard InChI is InChI=1S/C18H22N2O3S/c1-20(10-13-4-3-5-16(13)21)18(22)15-11-24-17(19-15)12-6-8-14(23-2)9-7-12/h6-9,11,13,16,21H,3-5,10H2,1-2H3. The summed E-state index contributed by atoms with van der Waals surface area (Å²) in [6, 6.07) is 7.63. The number of nitrogens with zero attached hydrogens (tertiary/aromatic N) is 2. The molecule has 1 aliphatic rings. The van der Waals surface area contributed by atoms with Crippen molar-refractivity contribution in [3.63, 3.8) is 0 Å². The van der Waals surface area contributed by atoms with E-state index in [1.54, 1.807) is 24.4 Å². The van der Waals surface area contributed by atoms with Crippen molar-refractivity contribution in [2.75, 3.05) is 20.7 Å². The number of carbonyl (C=O) groups excluding carboxylic acids is 1. The molecule has 1 heterocycles. The summed E-state index contributed by atoms with van der Waals surface area (Å²) in [6.07, 6.45) is 2.56. The van der Waals surface area contributed by atoms with Gasteiger partial charge in [0.1, 0.15) is 16.5 Å². The van der Waals surface area contributed by atoms with E-state index in [0.29, 0.717) is 12.2 Å². The fourth-order valence-electron chi connectivity index (χ4n) is 3.10. The van der Waals surface area contributed by atoms with Gasteiger partial charge in [-0.25, -0.2) is 4.98 Å². The molecule has 1 fully saturated rings. The lowest BCUT2D eigenvalue weighted by Gasteiger charge is -2.22. The number of aliphatic hydroxyl groups is 1. The Bertz CT molecular complexity index is 699. The molecule has 2 unspecified atom stereocenters. The number of aromatic nitrogens is 1. The second kappa shape index (κ2) is 7.32. The molecule has 128 valence electrons. The van der Waals surface area contributed by atoms with Crippen LogP contribution in [0.5, 0.6) is 5.75 Å². The first-order chi connectivity index (χ1) is 11.6. The summed E-state index contributed by atoms with van der Waals surface area (Å²) in [5.41, 5.74) is 1.43. The van der Waals surface area contributed by atoms with Gasteiger partial charge in [-0.15, -0.1) is 11.3 Å². The fourth-order valence-corrected chi connectivity index (χ4v) is 3.90. The highest BCUT2D eigenvalue weighted by molar-refractivity contribution is 7.13. The first-order valence-electron chi connectivity index (χ1n) is 8.12. The van der Waals surface area contributed by atoms with Crippen molar-refractivity contribution in [3.8, 4) is 16.3 Å². The Hall–Kier alpha value is -1.92. The van der Waals surface area contributed by atoms with E-state index in [-0.39, 0.29) is 17.9 Å². The van der Waals surface area contributed by atoms with E-state index in [2.05, 4.69) is 4.98 Å². The molecule has 3 rings (SSSR count). The summed E-state index contributed by atoms with van der Waals surface area (Å²) in [6.45, 7) is 0.579. The van der Waals surface area contributed by atoms with Crippen molar-refractivity contribution < 1.29 is 14.6 Å². The Kier molecular flexibility index (Phi) is 5.16. The molecule has 1 saturated carbocycles. The molecule has 2 aromatic rings. The van der Waals surface area contributed by atoms with Crippen LogP contribution in [-0.4, -0.2) is 47.7 Å². The zero-order valence-electron chi connectivity index (χ0n) is 13.9. The van der Waals surface area contributed by atoms with Crippen LogP contribution in [0.4, 0.5) is 0 Å². The highest BCUT2D eigenvalue weighted by Gasteiger charge is 2.28. The summed E-state index contributed by atoms with van der Waals surface area (Å²) in [4.78, 5) is 18.7. The Balaban J connectivity index is 1.68. The smallest absolute Gasteiger partial charge is 0.273 e. The average molecular weight is 346 g/mol. The van der Waals surface area contributed by atoms with Crippen molar-refractivity contribution in [3.05, 3.63) is 35.3 Å². The quantitative estimate of drug-likeness (QED) is 0.904. The van der Waals surface area contributed by atoms with Crippen LogP contribution in [0.2, 0.25) is 0 Å². The van der Waals surface area contributed by atoms with Crippen molar-refractivity contribution in [1.82, 2.24) is 9.88 Å². The molecule has 0 spiro atoms. The first kappa shape index (κ1) is 16.9. The minimum atomic E-state index is -0.287. The molecule has 1 aromatic carbocycles. The number of hydrogen-bond acceptors (Lipinski definition) is 5. The molecule has 5 nitrogen and oxygen atoms in total. The molecule has 0 saturated heterocycles. The van der Waals surface area contributed by atoms with E-state index in [4.69, 9.17) is 4.74 Å². The number of benzene rings is 1.